The van der Waals surface area contributed by atoms with Gasteiger partial charge in [-0.05, 0) is 30.1 Å². The fourth-order valence-electron chi connectivity index (χ4n) is 2.68. The fraction of sp³-hybridized carbons (Fsp3) is 1.00. The summed E-state index contributed by atoms with van der Waals surface area (Å²) in [7, 11) is 0. The van der Waals surface area contributed by atoms with E-state index in [9.17, 15) is 0 Å². The van der Waals surface area contributed by atoms with E-state index in [0.29, 0.717) is 0 Å². The highest BCUT2D eigenvalue weighted by molar-refractivity contribution is 4.64. The maximum absolute atomic E-state index is 2.37. The van der Waals surface area contributed by atoms with Crippen LogP contribution in [0.15, 0.2) is 0 Å². The first kappa shape index (κ1) is 17.0. The molecule has 0 aliphatic rings. The summed E-state index contributed by atoms with van der Waals surface area (Å²) < 4.78 is 0. The summed E-state index contributed by atoms with van der Waals surface area (Å²) >= 11 is 0. The lowest BCUT2D eigenvalue weighted by Gasteiger charge is -2.20. The molecule has 0 saturated heterocycles. The van der Waals surface area contributed by atoms with Crippen molar-refractivity contribution in [3.63, 3.8) is 0 Å². The topological polar surface area (TPSA) is 0 Å². The molecule has 0 fully saturated rings. The maximum Gasteiger partial charge on any atom is -0.0412 e. The predicted octanol–water partition coefficient (Wildman–Crippen LogP) is 6.30. The highest BCUT2D eigenvalue weighted by Gasteiger charge is 2.11. The van der Waals surface area contributed by atoms with E-state index in [1.54, 1.807) is 0 Å². The minimum Gasteiger partial charge on any atom is -0.0628 e. The van der Waals surface area contributed by atoms with Crippen molar-refractivity contribution >= 4 is 0 Å². The molecule has 0 atom stereocenters. The Balaban J connectivity index is 3.79. The normalized spacial score (nSPS) is 12.4. The molecular weight excluding hydrogens is 204 g/mol. The molecule has 0 rings (SSSR count). The van der Waals surface area contributed by atoms with Gasteiger partial charge in [-0.2, -0.15) is 0 Å². The number of hydrogen-bond acceptors (Lipinski definition) is 0. The largest absolute Gasteiger partial charge is 0.0628 e. The molecule has 0 saturated carbocycles. The Labute approximate surface area is 111 Å². The van der Waals surface area contributed by atoms with Gasteiger partial charge >= 0.3 is 0 Å². The summed E-state index contributed by atoms with van der Waals surface area (Å²) in [5, 5.41) is 0. The molecule has 0 radical (unpaired) electrons. The van der Waals surface area contributed by atoms with Crippen molar-refractivity contribution in [2.75, 3.05) is 0 Å². The summed E-state index contributed by atoms with van der Waals surface area (Å²) in [5.74, 6) is 3.63. The van der Waals surface area contributed by atoms with E-state index in [0.717, 1.165) is 23.7 Å². The second kappa shape index (κ2) is 9.97. The van der Waals surface area contributed by atoms with Crippen LogP contribution >= 0.6 is 0 Å². The van der Waals surface area contributed by atoms with Crippen LogP contribution in [0.4, 0.5) is 0 Å². The number of rotatable bonds is 10. The molecule has 0 aromatic rings. The van der Waals surface area contributed by atoms with Gasteiger partial charge in [0, 0.05) is 0 Å². The van der Waals surface area contributed by atoms with Gasteiger partial charge in [-0.1, -0.05) is 80.1 Å². The third kappa shape index (κ3) is 12.2. The minimum atomic E-state index is 0.873. The molecule has 0 N–H and O–H groups in total. The summed E-state index contributed by atoms with van der Waals surface area (Å²) in [4.78, 5) is 0. The second-order valence-corrected chi connectivity index (χ2v) is 7.15. The first-order chi connectivity index (χ1) is 7.91. The highest BCUT2D eigenvalue weighted by Crippen LogP contribution is 2.25. The molecule has 0 spiro atoms. The van der Waals surface area contributed by atoms with Gasteiger partial charge in [-0.25, -0.2) is 0 Å². The SMILES string of the molecule is CC(C)CCCC(CCCC(C)C)CC(C)C. The van der Waals surface area contributed by atoms with E-state index in [-0.39, 0.29) is 0 Å². The van der Waals surface area contributed by atoms with E-state index in [1.165, 1.54) is 44.9 Å². The fourth-order valence-corrected chi connectivity index (χ4v) is 2.68. The molecule has 0 bridgehead atoms. The molecule has 0 aromatic heterocycles. The molecule has 104 valence electrons. The van der Waals surface area contributed by atoms with Gasteiger partial charge in [0.15, 0.2) is 0 Å². The standard InChI is InChI=1S/C17H36/c1-14(2)9-7-11-17(13-16(5)6)12-8-10-15(3)4/h14-17H,7-13H2,1-6H3. The summed E-state index contributed by atoms with van der Waals surface area (Å²) in [6.45, 7) is 14.1. The van der Waals surface area contributed by atoms with E-state index in [2.05, 4.69) is 41.5 Å². The van der Waals surface area contributed by atoms with E-state index < -0.39 is 0 Å². The minimum absolute atomic E-state index is 0.873. The summed E-state index contributed by atoms with van der Waals surface area (Å²) in [6, 6.07) is 0. The molecule has 0 aliphatic heterocycles. The van der Waals surface area contributed by atoms with Crippen LogP contribution in [-0.2, 0) is 0 Å². The molecule has 0 amide bonds. The Morgan fingerprint density at radius 2 is 0.941 bits per heavy atom. The molecular formula is C17H36. The van der Waals surface area contributed by atoms with Crippen molar-refractivity contribution in [2.45, 2.75) is 86.5 Å². The van der Waals surface area contributed by atoms with Crippen molar-refractivity contribution in [3.8, 4) is 0 Å². The van der Waals surface area contributed by atoms with Crippen LogP contribution in [0.5, 0.6) is 0 Å². The third-order valence-corrected chi connectivity index (χ3v) is 3.59. The lowest BCUT2D eigenvalue weighted by atomic mass is 9.86. The zero-order chi connectivity index (χ0) is 13.3. The molecule has 0 aromatic carbocycles. The first-order valence-electron chi connectivity index (χ1n) is 7.91. The first-order valence-corrected chi connectivity index (χ1v) is 7.91. The van der Waals surface area contributed by atoms with Gasteiger partial charge in [-0.15, -0.1) is 0 Å². The lowest BCUT2D eigenvalue weighted by molar-refractivity contribution is 0.328. The summed E-state index contributed by atoms with van der Waals surface area (Å²) in [6.07, 6.45) is 10.1. The van der Waals surface area contributed by atoms with Crippen LogP contribution in [0.3, 0.4) is 0 Å². The van der Waals surface area contributed by atoms with Crippen LogP contribution in [0.2, 0.25) is 0 Å². The Morgan fingerprint density at radius 1 is 0.529 bits per heavy atom. The van der Waals surface area contributed by atoms with Crippen LogP contribution in [0.25, 0.3) is 0 Å². The summed E-state index contributed by atoms with van der Waals surface area (Å²) in [5.41, 5.74) is 0. The second-order valence-electron chi connectivity index (χ2n) is 7.15. The van der Waals surface area contributed by atoms with E-state index >= 15 is 0 Å². The van der Waals surface area contributed by atoms with Crippen molar-refractivity contribution in [1.29, 1.82) is 0 Å². The Bertz CT molecular complexity index is 141. The van der Waals surface area contributed by atoms with Gasteiger partial charge in [0.05, 0.1) is 0 Å². The molecule has 0 nitrogen and oxygen atoms in total. The predicted molar refractivity (Wildman–Crippen MR) is 80.3 cm³/mol. The highest BCUT2D eigenvalue weighted by atomic mass is 14.2. The van der Waals surface area contributed by atoms with Crippen LogP contribution < -0.4 is 0 Å². The Hall–Kier alpha value is 0. The molecule has 17 heavy (non-hydrogen) atoms. The average Bonchev–Trinajstić information content (AvgIpc) is 2.15. The molecule has 0 heteroatoms. The van der Waals surface area contributed by atoms with Crippen LogP contribution in [0.1, 0.15) is 86.5 Å². The molecule has 0 unspecified atom stereocenters. The van der Waals surface area contributed by atoms with E-state index in [1.807, 2.05) is 0 Å². The Kier molecular flexibility index (Phi) is 9.97. The van der Waals surface area contributed by atoms with Gasteiger partial charge in [0.25, 0.3) is 0 Å². The molecule has 0 aliphatic carbocycles. The lowest BCUT2D eigenvalue weighted by Crippen LogP contribution is -2.06. The zero-order valence-electron chi connectivity index (χ0n) is 13.3. The van der Waals surface area contributed by atoms with Crippen LogP contribution in [0, 0.1) is 23.7 Å². The zero-order valence-corrected chi connectivity index (χ0v) is 13.3. The van der Waals surface area contributed by atoms with Crippen molar-refractivity contribution in [3.05, 3.63) is 0 Å². The van der Waals surface area contributed by atoms with E-state index in [4.69, 9.17) is 0 Å². The van der Waals surface area contributed by atoms with Gasteiger partial charge < -0.3 is 0 Å². The van der Waals surface area contributed by atoms with Gasteiger partial charge in [0.2, 0.25) is 0 Å². The quantitative estimate of drug-likeness (QED) is 0.420. The Morgan fingerprint density at radius 3 is 1.24 bits per heavy atom. The number of hydrogen-bond donors (Lipinski definition) is 0. The van der Waals surface area contributed by atoms with Gasteiger partial charge in [0.1, 0.15) is 0 Å². The smallest absolute Gasteiger partial charge is 0.0412 e. The van der Waals surface area contributed by atoms with Crippen molar-refractivity contribution in [1.82, 2.24) is 0 Å². The maximum atomic E-state index is 2.37. The van der Waals surface area contributed by atoms with Crippen LogP contribution in [-0.4, -0.2) is 0 Å². The van der Waals surface area contributed by atoms with Crippen molar-refractivity contribution in [2.24, 2.45) is 23.7 Å². The third-order valence-electron chi connectivity index (χ3n) is 3.59. The van der Waals surface area contributed by atoms with Gasteiger partial charge in [-0.3, -0.25) is 0 Å². The monoisotopic (exact) mass is 240 g/mol. The van der Waals surface area contributed by atoms with Crippen molar-refractivity contribution < 1.29 is 0 Å². The average molecular weight is 240 g/mol. The molecule has 0 heterocycles.